The second-order valence-electron chi connectivity index (χ2n) is 7.92. The van der Waals surface area contributed by atoms with E-state index in [1.807, 2.05) is 0 Å². The number of rotatable bonds is 6. The molecule has 2 heterocycles. The molecule has 15 heteroatoms. The Balaban J connectivity index is 1.95. The van der Waals surface area contributed by atoms with Crippen molar-refractivity contribution in [1.82, 2.24) is 9.88 Å². The van der Waals surface area contributed by atoms with Gasteiger partial charge in [-0.3, -0.25) is 14.5 Å². The van der Waals surface area contributed by atoms with E-state index in [0.29, 0.717) is 17.7 Å². The monoisotopic (exact) mass is 520 g/mol. The van der Waals surface area contributed by atoms with E-state index >= 15 is 0 Å². The molecule has 10 nitrogen and oxygen atoms in total. The highest BCUT2D eigenvalue weighted by atomic mass is 32.2. The topological polar surface area (TPSA) is 134 Å². The summed E-state index contributed by atoms with van der Waals surface area (Å²) < 4.78 is 87.0. The minimum absolute atomic E-state index is 0.0983. The van der Waals surface area contributed by atoms with E-state index in [9.17, 15) is 39.6 Å². The molecule has 1 aromatic carbocycles. The molecule has 2 aromatic rings. The molecule has 1 aliphatic rings. The average molecular weight is 521 g/mol. The van der Waals surface area contributed by atoms with Crippen LogP contribution in [-0.4, -0.2) is 56.0 Å². The van der Waals surface area contributed by atoms with E-state index in [2.05, 4.69) is 9.71 Å². The van der Waals surface area contributed by atoms with Crippen LogP contribution in [0.1, 0.15) is 19.4 Å². The Morgan fingerprint density at radius 3 is 2.15 bits per heavy atom. The standard InChI is InChI=1S/C19H19F3N4O6S2/c1-18(2)16(27)26(13-4-6-14(7-5-13)34(31,32)19(20,21)22)17(28)25(18)11-12-8-9-23-10-15(12)24-33(3,29)30/h4-10,24H,11H2,1-3H3. The van der Waals surface area contributed by atoms with Crippen LogP contribution < -0.4 is 9.62 Å². The Labute approximate surface area is 193 Å². The third-order valence-corrected chi connectivity index (χ3v) is 7.16. The molecule has 0 radical (unpaired) electrons. The SMILES string of the molecule is CC1(C)C(=O)N(c2ccc(S(=O)(=O)C(F)(F)F)cc2)C(=O)N1Cc1ccncc1NS(C)(=O)=O. The number of carbonyl (C=O) groups excluding carboxylic acids is 2. The number of urea groups is 1. The highest BCUT2D eigenvalue weighted by Gasteiger charge is 2.52. The van der Waals surface area contributed by atoms with Gasteiger partial charge in [-0.15, -0.1) is 0 Å². The fourth-order valence-electron chi connectivity index (χ4n) is 3.26. The predicted octanol–water partition coefficient (Wildman–Crippen LogP) is 2.49. The quantitative estimate of drug-likeness (QED) is 0.579. The van der Waals surface area contributed by atoms with Crippen LogP contribution in [0.25, 0.3) is 0 Å². The van der Waals surface area contributed by atoms with E-state index in [0.717, 1.165) is 28.2 Å². The highest BCUT2D eigenvalue weighted by Crippen LogP contribution is 2.36. The van der Waals surface area contributed by atoms with Crippen LogP contribution in [0.5, 0.6) is 0 Å². The first-order chi connectivity index (χ1) is 15.5. The number of nitrogens with one attached hydrogen (secondary N) is 1. The number of imide groups is 1. The van der Waals surface area contributed by atoms with Crippen molar-refractivity contribution in [2.45, 2.75) is 36.3 Å². The van der Waals surface area contributed by atoms with Gasteiger partial charge in [0.2, 0.25) is 10.0 Å². The lowest BCUT2D eigenvalue weighted by molar-refractivity contribution is -0.123. The molecule has 0 aliphatic carbocycles. The van der Waals surface area contributed by atoms with Crippen LogP contribution >= 0.6 is 0 Å². The van der Waals surface area contributed by atoms with Crippen molar-refractivity contribution in [2.24, 2.45) is 0 Å². The van der Waals surface area contributed by atoms with Crippen LogP contribution in [-0.2, 0) is 31.2 Å². The number of benzene rings is 1. The van der Waals surface area contributed by atoms with Crippen LogP contribution in [0.2, 0.25) is 0 Å². The average Bonchev–Trinajstić information content (AvgIpc) is 2.87. The predicted molar refractivity (Wildman–Crippen MR) is 115 cm³/mol. The van der Waals surface area contributed by atoms with Gasteiger partial charge in [0.15, 0.2) is 0 Å². The highest BCUT2D eigenvalue weighted by molar-refractivity contribution is 7.92. The number of sulfone groups is 1. The van der Waals surface area contributed by atoms with Gasteiger partial charge in [-0.25, -0.2) is 26.5 Å². The number of nitrogens with zero attached hydrogens (tertiary/aromatic N) is 3. The van der Waals surface area contributed by atoms with Crippen molar-refractivity contribution in [3.63, 3.8) is 0 Å². The maximum atomic E-state index is 13.2. The Morgan fingerprint density at radius 1 is 1.03 bits per heavy atom. The summed E-state index contributed by atoms with van der Waals surface area (Å²) >= 11 is 0. The first-order valence-electron chi connectivity index (χ1n) is 9.45. The van der Waals surface area contributed by atoms with Crippen LogP contribution in [0.15, 0.2) is 47.6 Å². The molecular weight excluding hydrogens is 501 g/mol. The number of aromatic nitrogens is 1. The first kappa shape index (κ1) is 25.4. The number of sulfonamides is 1. The first-order valence-corrected chi connectivity index (χ1v) is 12.8. The summed E-state index contributed by atoms with van der Waals surface area (Å²) in [5.74, 6) is -0.712. The summed E-state index contributed by atoms with van der Waals surface area (Å²) in [7, 11) is -9.27. The number of alkyl halides is 3. The van der Waals surface area contributed by atoms with Gasteiger partial charge in [-0.1, -0.05) is 0 Å². The fourth-order valence-corrected chi connectivity index (χ4v) is 4.60. The van der Waals surface area contributed by atoms with Crippen molar-refractivity contribution in [3.05, 3.63) is 48.3 Å². The van der Waals surface area contributed by atoms with E-state index in [4.69, 9.17) is 0 Å². The summed E-state index contributed by atoms with van der Waals surface area (Å²) in [4.78, 5) is 30.9. The normalized spacial score (nSPS) is 16.8. The van der Waals surface area contributed by atoms with Gasteiger partial charge in [0.1, 0.15) is 5.54 Å². The number of halogens is 3. The molecule has 1 fully saturated rings. The molecule has 0 saturated carbocycles. The molecule has 1 N–H and O–H groups in total. The van der Waals surface area contributed by atoms with Crippen molar-refractivity contribution >= 4 is 43.2 Å². The zero-order valence-electron chi connectivity index (χ0n) is 18.0. The Morgan fingerprint density at radius 2 is 1.62 bits per heavy atom. The molecule has 0 unspecified atom stereocenters. The maximum Gasteiger partial charge on any atom is 0.501 e. The Hall–Kier alpha value is -3.20. The molecule has 34 heavy (non-hydrogen) atoms. The zero-order chi connectivity index (χ0) is 25.7. The molecule has 0 atom stereocenters. The van der Waals surface area contributed by atoms with Crippen LogP contribution in [0.3, 0.4) is 0 Å². The lowest BCUT2D eigenvalue weighted by Crippen LogP contribution is -2.43. The molecule has 184 valence electrons. The second-order valence-corrected chi connectivity index (χ2v) is 11.6. The van der Waals surface area contributed by atoms with Gasteiger partial charge in [0.05, 0.1) is 35.3 Å². The number of pyridine rings is 1. The van der Waals surface area contributed by atoms with Crippen molar-refractivity contribution < 1.29 is 39.6 Å². The third kappa shape index (κ3) is 4.57. The number of amides is 3. The smallest absolute Gasteiger partial charge is 0.305 e. The summed E-state index contributed by atoms with van der Waals surface area (Å²) in [6, 6.07) is 3.80. The Kier molecular flexibility index (Phi) is 6.15. The van der Waals surface area contributed by atoms with Crippen LogP contribution in [0.4, 0.5) is 29.3 Å². The van der Waals surface area contributed by atoms with Gasteiger partial charge >= 0.3 is 11.5 Å². The molecular formula is C19H19F3N4O6S2. The van der Waals surface area contributed by atoms with Gasteiger partial charge in [0, 0.05) is 6.20 Å². The van der Waals surface area contributed by atoms with E-state index in [1.54, 1.807) is 0 Å². The third-order valence-electron chi connectivity index (χ3n) is 5.07. The van der Waals surface area contributed by atoms with E-state index in [-0.39, 0.29) is 17.9 Å². The molecule has 0 bridgehead atoms. The summed E-state index contributed by atoms with van der Waals surface area (Å²) in [6.07, 6.45) is 3.54. The molecule has 1 aromatic heterocycles. The molecule has 3 rings (SSSR count). The fraction of sp³-hybridized carbons (Fsp3) is 0.316. The lowest BCUT2D eigenvalue weighted by atomic mass is 10.0. The lowest BCUT2D eigenvalue weighted by Gasteiger charge is -2.28. The van der Waals surface area contributed by atoms with E-state index < -0.39 is 47.7 Å². The maximum absolute atomic E-state index is 13.2. The summed E-state index contributed by atoms with van der Waals surface area (Å²) in [5, 5.41) is 0. The zero-order valence-corrected chi connectivity index (χ0v) is 19.6. The van der Waals surface area contributed by atoms with Crippen molar-refractivity contribution in [1.29, 1.82) is 0 Å². The summed E-state index contributed by atoms with van der Waals surface area (Å²) in [6.45, 7) is 2.69. The molecule has 0 spiro atoms. The van der Waals surface area contributed by atoms with Crippen LogP contribution in [0, 0.1) is 0 Å². The number of carbonyl (C=O) groups is 2. The Bertz CT molecular complexity index is 1360. The number of hydrogen-bond donors (Lipinski definition) is 1. The minimum atomic E-state index is -5.60. The van der Waals surface area contributed by atoms with E-state index in [1.165, 1.54) is 32.3 Å². The van der Waals surface area contributed by atoms with Crippen molar-refractivity contribution in [3.8, 4) is 0 Å². The largest absolute Gasteiger partial charge is 0.501 e. The molecule has 1 saturated heterocycles. The molecule has 3 amide bonds. The second kappa shape index (κ2) is 8.23. The minimum Gasteiger partial charge on any atom is -0.305 e. The summed E-state index contributed by atoms with van der Waals surface area (Å²) in [5.41, 5.74) is -6.62. The number of hydrogen-bond acceptors (Lipinski definition) is 7. The van der Waals surface area contributed by atoms with Gasteiger partial charge < -0.3 is 4.90 Å². The molecule has 1 aliphatic heterocycles. The van der Waals surface area contributed by atoms with Gasteiger partial charge in [-0.2, -0.15) is 13.2 Å². The van der Waals surface area contributed by atoms with Crippen molar-refractivity contribution in [2.75, 3.05) is 15.9 Å². The number of anilines is 2. The van der Waals surface area contributed by atoms with Gasteiger partial charge in [-0.05, 0) is 49.7 Å². The van der Waals surface area contributed by atoms with Gasteiger partial charge in [0.25, 0.3) is 15.7 Å².